The van der Waals surface area contributed by atoms with E-state index < -0.39 is 27.8 Å². The molecule has 7 nitrogen and oxygen atoms in total. The number of hydrogen-bond donors (Lipinski definition) is 2. The van der Waals surface area contributed by atoms with Crippen LogP contribution < -0.4 is 10.0 Å². The molecular weight excluding hydrogens is 409 g/mol. The lowest BCUT2D eigenvalue weighted by Gasteiger charge is -2.27. The summed E-state index contributed by atoms with van der Waals surface area (Å²) < 4.78 is 46.4. The number of benzene rings is 2. The Morgan fingerprint density at radius 1 is 1.07 bits per heavy atom. The van der Waals surface area contributed by atoms with Gasteiger partial charge in [-0.1, -0.05) is 30.3 Å². The van der Waals surface area contributed by atoms with Crippen molar-refractivity contribution in [3.05, 3.63) is 66.0 Å². The van der Waals surface area contributed by atoms with E-state index in [1.807, 2.05) is 30.3 Å². The number of nitrogens with zero attached hydrogens (tertiary/aromatic N) is 1. The third-order valence-corrected chi connectivity index (χ3v) is 6.34. The zero-order valence-electron chi connectivity index (χ0n) is 16.6. The fourth-order valence-corrected chi connectivity index (χ4v) is 4.39. The number of carbonyl (C=O) groups is 1. The molecule has 0 unspecified atom stereocenters. The summed E-state index contributed by atoms with van der Waals surface area (Å²) in [7, 11) is -3.99. The van der Waals surface area contributed by atoms with E-state index in [9.17, 15) is 17.6 Å². The molecule has 3 rings (SSSR count). The molecular formula is C21H26FN3O4S. The van der Waals surface area contributed by atoms with Crippen molar-refractivity contribution in [3.8, 4) is 0 Å². The molecule has 0 bridgehead atoms. The van der Waals surface area contributed by atoms with Crippen molar-refractivity contribution in [2.75, 3.05) is 39.4 Å². The molecule has 0 aromatic heterocycles. The SMILES string of the molecule is O=C(NCCN1CCOCC1)[C@H](Cc1ccccc1)NS(=O)(=O)c1ccc(F)cc1. The van der Waals surface area contributed by atoms with Gasteiger partial charge in [0.25, 0.3) is 0 Å². The Morgan fingerprint density at radius 2 is 1.73 bits per heavy atom. The number of sulfonamides is 1. The fourth-order valence-electron chi connectivity index (χ4n) is 3.19. The molecule has 1 saturated heterocycles. The first-order chi connectivity index (χ1) is 14.4. The van der Waals surface area contributed by atoms with Crippen molar-refractivity contribution in [2.45, 2.75) is 17.4 Å². The number of halogens is 1. The number of nitrogens with one attached hydrogen (secondary N) is 2. The molecule has 1 amide bonds. The molecule has 1 fully saturated rings. The van der Waals surface area contributed by atoms with Crippen LogP contribution >= 0.6 is 0 Å². The maximum atomic E-state index is 13.2. The molecule has 0 radical (unpaired) electrons. The van der Waals surface area contributed by atoms with Gasteiger partial charge in [0.15, 0.2) is 0 Å². The van der Waals surface area contributed by atoms with E-state index in [1.165, 1.54) is 12.1 Å². The van der Waals surface area contributed by atoms with Crippen LogP contribution in [0.25, 0.3) is 0 Å². The number of amides is 1. The van der Waals surface area contributed by atoms with Crippen LogP contribution in [0.1, 0.15) is 5.56 Å². The first-order valence-corrected chi connectivity index (χ1v) is 11.3. The van der Waals surface area contributed by atoms with Gasteiger partial charge in [0.2, 0.25) is 15.9 Å². The molecule has 2 aromatic carbocycles. The summed E-state index contributed by atoms with van der Waals surface area (Å²) in [5, 5.41) is 2.83. The number of morpholine rings is 1. The van der Waals surface area contributed by atoms with Crippen LogP contribution in [0, 0.1) is 5.82 Å². The van der Waals surface area contributed by atoms with Crippen LogP contribution in [0.4, 0.5) is 4.39 Å². The minimum atomic E-state index is -3.99. The van der Waals surface area contributed by atoms with Crippen molar-refractivity contribution in [1.82, 2.24) is 14.9 Å². The first kappa shape index (κ1) is 22.4. The average Bonchev–Trinajstić information content (AvgIpc) is 2.75. The lowest BCUT2D eigenvalue weighted by atomic mass is 10.1. The normalized spacial score (nSPS) is 16.2. The summed E-state index contributed by atoms with van der Waals surface area (Å²) in [4.78, 5) is 14.9. The van der Waals surface area contributed by atoms with Gasteiger partial charge in [-0.05, 0) is 36.2 Å². The van der Waals surface area contributed by atoms with Crippen LogP contribution in [-0.4, -0.2) is 64.7 Å². The van der Waals surface area contributed by atoms with Crippen LogP contribution in [0.5, 0.6) is 0 Å². The molecule has 30 heavy (non-hydrogen) atoms. The van der Waals surface area contributed by atoms with Gasteiger partial charge in [-0.15, -0.1) is 0 Å². The van der Waals surface area contributed by atoms with E-state index in [2.05, 4.69) is 14.9 Å². The predicted molar refractivity (Wildman–Crippen MR) is 111 cm³/mol. The molecule has 9 heteroatoms. The highest BCUT2D eigenvalue weighted by molar-refractivity contribution is 7.89. The molecule has 0 spiro atoms. The molecule has 162 valence electrons. The lowest BCUT2D eigenvalue weighted by molar-refractivity contribution is -0.122. The maximum absolute atomic E-state index is 13.2. The average molecular weight is 436 g/mol. The third-order valence-electron chi connectivity index (χ3n) is 4.85. The van der Waals surface area contributed by atoms with Gasteiger partial charge in [-0.2, -0.15) is 4.72 Å². The summed E-state index contributed by atoms with van der Waals surface area (Å²) in [6, 6.07) is 12.7. The Morgan fingerprint density at radius 3 is 2.40 bits per heavy atom. The van der Waals surface area contributed by atoms with E-state index in [0.717, 1.165) is 30.8 Å². The minimum absolute atomic E-state index is 0.0944. The summed E-state index contributed by atoms with van der Waals surface area (Å²) >= 11 is 0. The van der Waals surface area contributed by atoms with Crippen molar-refractivity contribution >= 4 is 15.9 Å². The standard InChI is InChI=1S/C21H26FN3O4S/c22-18-6-8-19(9-7-18)30(27,28)24-20(16-17-4-2-1-3-5-17)21(26)23-10-11-25-12-14-29-15-13-25/h1-9,20,24H,10-16H2,(H,23,26)/t20-/m0/s1. The highest BCUT2D eigenvalue weighted by Gasteiger charge is 2.26. The van der Waals surface area contributed by atoms with Gasteiger partial charge < -0.3 is 10.1 Å². The maximum Gasteiger partial charge on any atom is 0.241 e. The lowest BCUT2D eigenvalue weighted by Crippen LogP contribution is -2.49. The third kappa shape index (κ3) is 6.60. The summed E-state index contributed by atoms with van der Waals surface area (Å²) in [5.41, 5.74) is 0.827. The molecule has 2 aromatic rings. The Kier molecular flexibility index (Phi) is 7.92. The second-order valence-electron chi connectivity index (χ2n) is 7.06. The van der Waals surface area contributed by atoms with Gasteiger partial charge in [0.1, 0.15) is 11.9 Å². The fraction of sp³-hybridized carbons (Fsp3) is 0.381. The van der Waals surface area contributed by atoms with Gasteiger partial charge in [0, 0.05) is 26.2 Å². The van der Waals surface area contributed by atoms with Crippen molar-refractivity contribution in [3.63, 3.8) is 0 Å². The smallest absolute Gasteiger partial charge is 0.241 e. The number of hydrogen-bond acceptors (Lipinski definition) is 5. The Balaban J connectivity index is 1.67. The highest BCUT2D eigenvalue weighted by atomic mass is 32.2. The summed E-state index contributed by atoms with van der Waals surface area (Å²) in [6.07, 6.45) is 0.199. The van der Waals surface area contributed by atoms with Crippen LogP contribution in [0.2, 0.25) is 0 Å². The quantitative estimate of drug-likeness (QED) is 0.617. The summed E-state index contributed by atoms with van der Waals surface area (Å²) in [5.74, 6) is -0.937. The highest BCUT2D eigenvalue weighted by Crippen LogP contribution is 2.12. The number of rotatable bonds is 9. The van der Waals surface area contributed by atoms with Crippen LogP contribution in [0.3, 0.4) is 0 Å². The van der Waals surface area contributed by atoms with Gasteiger partial charge in [-0.25, -0.2) is 12.8 Å². The van der Waals surface area contributed by atoms with Gasteiger partial charge >= 0.3 is 0 Å². The number of ether oxygens (including phenoxy) is 1. The first-order valence-electron chi connectivity index (χ1n) is 9.84. The number of carbonyl (C=O) groups excluding carboxylic acids is 1. The Labute approximate surface area is 176 Å². The van der Waals surface area contributed by atoms with Crippen molar-refractivity contribution in [1.29, 1.82) is 0 Å². The largest absolute Gasteiger partial charge is 0.379 e. The molecule has 1 aliphatic heterocycles. The molecule has 1 heterocycles. The second kappa shape index (κ2) is 10.6. The Hall–Kier alpha value is -2.33. The van der Waals surface area contributed by atoms with E-state index in [-0.39, 0.29) is 11.3 Å². The topological polar surface area (TPSA) is 87.7 Å². The van der Waals surface area contributed by atoms with E-state index >= 15 is 0 Å². The van der Waals surface area contributed by atoms with Crippen molar-refractivity contribution in [2.24, 2.45) is 0 Å². The zero-order valence-corrected chi connectivity index (χ0v) is 17.4. The molecule has 0 aliphatic carbocycles. The van der Waals surface area contributed by atoms with E-state index in [4.69, 9.17) is 4.74 Å². The van der Waals surface area contributed by atoms with Crippen molar-refractivity contribution < 1.29 is 22.3 Å². The zero-order chi connectivity index (χ0) is 21.4. The molecule has 0 saturated carbocycles. The monoisotopic (exact) mass is 435 g/mol. The van der Waals surface area contributed by atoms with Crippen LogP contribution in [0.15, 0.2) is 59.5 Å². The van der Waals surface area contributed by atoms with E-state index in [1.54, 1.807) is 0 Å². The minimum Gasteiger partial charge on any atom is -0.379 e. The second-order valence-corrected chi connectivity index (χ2v) is 8.78. The van der Waals surface area contributed by atoms with E-state index in [0.29, 0.717) is 26.3 Å². The Bertz CT molecular complexity index is 917. The molecule has 2 N–H and O–H groups in total. The molecule has 1 atom stereocenters. The van der Waals surface area contributed by atoms with Crippen LogP contribution in [-0.2, 0) is 26.0 Å². The summed E-state index contributed by atoms with van der Waals surface area (Å²) in [6.45, 7) is 4.02. The van der Waals surface area contributed by atoms with Gasteiger partial charge in [0.05, 0.1) is 18.1 Å². The van der Waals surface area contributed by atoms with Gasteiger partial charge in [-0.3, -0.25) is 9.69 Å². The molecule has 1 aliphatic rings. The predicted octanol–water partition coefficient (Wildman–Crippen LogP) is 1.16.